The predicted octanol–water partition coefficient (Wildman–Crippen LogP) is 2.79. The molecule has 8 nitrogen and oxygen atoms in total. The second-order valence-corrected chi connectivity index (χ2v) is 5.55. The number of aromatic amines is 1. The first-order valence-corrected chi connectivity index (χ1v) is 8.01. The Balaban J connectivity index is 0.000000321. The quantitative estimate of drug-likeness (QED) is 0.622. The van der Waals surface area contributed by atoms with Crippen molar-refractivity contribution in [2.45, 2.75) is 32.0 Å². The molecule has 0 aromatic carbocycles. The number of aliphatic carboxylic acids is 1. The number of carboxylic acid groups (broad SMARTS) is 1. The number of rotatable bonds is 5. The lowest BCUT2D eigenvalue weighted by atomic mass is 10.1. The molecule has 0 spiro atoms. The number of hydrogen-bond acceptors (Lipinski definition) is 5. The van der Waals surface area contributed by atoms with E-state index in [1.807, 2.05) is 29.3 Å². The van der Waals surface area contributed by atoms with Gasteiger partial charge in [-0.15, -0.1) is 0 Å². The summed E-state index contributed by atoms with van der Waals surface area (Å²) in [7, 11) is 0. The molecule has 3 N–H and O–H groups in total. The van der Waals surface area contributed by atoms with Crippen molar-refractivity contribution in [1.82, 2.24) is 24.7 Å². The fourth-order valence-electron chi connectivity index (χ4n) is 2.43. The largest absolute Gasteiger partial charge is 0.490 e. The van der Waals surface area contributed by atoms with Crippen LogP contribution in [0.2, 0.25) is 0 Å². The van der Waals surface area contributed by atoms with Crippen LogP contribution in [0.25, 0.3) is 22.3 Å². The number of halogens is 3. The summed E-state index contributed by atoms with van der Waals surface area (Å²) >= 11 is 0. The maximum Gasteiger partial charge on any atom is 0.490 e. The molecule has 146 valence electrons. The number of aromatic nitrogens is 5. The summed E-state index contributed by atoms with van der Waals surface area (Å²) in [5.74, 6) is -2.76. The van der Waals surface area contributed by atoms with Crippen molar-refractivity contribution >= 4 is 17.0 Å². The zero-order valence-corrected chi connectivity index (χ0v) is 14.3. The molecule has 1 atom stereocenters. The number of fused-ring (bicyclic) bond motifs is 1. The van der Waals surface area contributed by atoms with E-state index in [-0.39, 0.29) is 12.6 Å². The highest BCUT2D eigenvalue weighted by Gasteiger charge is 2.38. The normalized spacial score (nSPS) is 12.5. The zero-order valence-electron chi connectivity index (χ0n) is 14.3. The van der Waals surface area contributed by atoms with E-state index in [1.54, 1.807) is 6.33 Å². The van der Waals surface area contributed by atoms with Crippen LogP contribution in [-0.4, -0.2) is 53.7 Å². The van der Waals surface area contributed by atoms with Crippen molar-refractivity contribution in [2.24, 2.45) is 0 Å². The van der Waals surface area contributed by atoms with E-state index < -0.39 is 12.1 Å². The van der Waals surface area contributed by atoms with Gasteiger partial charge in [-0.2, -0.15) is 18.3 Å². The van der Waals surface area contributed by atoms with Gasteiger partial charge in [-0.25, -0.2) is 14.8 Å². The minimum absolute atomic E-state index is 0.170. The average molecular weight is 385 g/mol. The fourth-order valence-corrected chi connectivity index (χ4v) is 2.43. The Bertz CT molecular complexity index is 891. The lowest BCUT2D eigenvalue weighted by molar-refractivity contribution is -0.192. The average Bonchev–Trinajstić information content (AvgIpc) is 3.28. The van der Waals surface area contributed by atoms with Gasteiger partial charge in [-0.1, -0.05) is 6.92 Å². The molecular weight excluding hydrogens is 367 g/mol. The molecule has 0 saturated heterocycles. The topological polar surface area (TPSA) is 117 Å². The number of H-pyrrole nitrogens is 1. The Morgan fingerprint density at radius 3 is 2.67 bits per heavy atom. The highest BCUT2D eigenvalue weighted by molar-refractivity contribution is 5.89. The summed E-state index contributed by atoms with van der Waals surface area (Å²) in [6.07, 6.45) is 3.77. The lowest BCUT2D eigenvalue weighted by Crippen LogP contribution is -2.21. The summed E-state index contributed by atoms with van der Waals surface area (Å²) in [4.78, 5) is 20.5. The summed E-state index contributed by atoms with van der Waals surface area (Å²) in [6, 6.07) is 2.19. The summed E-state index contributed by atoms with van der Waals surface area (Å²) in [5.41, 5.74) is 2.67. The van der Waals surface area contributed by atoms with Crippen LogP contribution in [0.3, 0.4) is 0 Å². The molecule has 3 heterocycles. The van der Waals surface area contributed by atoms with Gasteiger partial charge >= 0.3 is 12.1 Å². The van der Waals surface area contributed by atoms with Crippen LogP contribution in [0.5, 0.6) is 0 Å². The maximum atomic E-state index is 10.6. The van der Waals surface area contributed by atoms with Crippen molar-refractivity contribution in [3.8, 4) is 11.3 Å². The number of aliphatic hydroxyl groups excluding tert-OH is 1. The van der Waals surface area contributed by atoms with Crippen LogP contribution in [0.4, 0.5) is 13.2 Å². The third-order valence-electron chi connectivity index (χ3n) is 3.78. The molecule has 0 radical (unpaired) electrons. The van der Waals surface area contributed by atoms with Gasteiger partial charge in [0.05, 0.1) is 17.9 Å². The number of alkyl halides is 3. The molecule has 0 fully saturated rings. The molecule has 3 rings (SSSR count). The monoisotopic (exact) mass is 385 g/mol. The van der Waals surface area contributed by atoms with Gasteiger partial charge in [0.25, 0.3) is 0 Å². The molecule has 0 amide bonds. The van der Waals surface area contributed by atoms with Gasteiger partial charge in [0.15, 0.2) is 0 Å². The van der Waals surface area contributed by atoms with E-state index in [4.69, 9.17) is 15.0 Å². The standard InChI is InChI=1S/C14H17N5O.C2HF3O2/c1-2-11(4-6-20)19-8-10(7-18-19)13-12-3-5-15-14(12)17-9-16-13;3-2(4,5)1(6)7/h3,5,7-9,11,20H,2,4,6H2,1H3,(H,15,16,17);(H,6,7). The molecule has 3 aromatic heterocycles. The molecule has 3 aromatic rings. The van der Waals surface area contributed by atoms with Crippen molar-refractivity contribution < 1.29 is 28.2 Å². The number of hydrogen-bond donors (Lipinski definition) is 3. The zero-order chi connectivity index (χ0) is 20.0. The first-order chi connectivity index (χ1) is 12.8. The third kappa shape index (κ3) is 5.03. The van der Waals surface area contributed by atoms with Gasteiger partial charge in [-0.3, -0.25) is 4.68 Å². The van der Waals surface area contributed by atoms with Gasteiger partial charge < -0.3 is 15.2 Å². The van der Waals surface area contributed by atoms with E-state index in [0.29, 0.717) is 6.42 Å². The fraction of sp³-hybridized carbons (Fsp3) is 0.375. The number of nitrogens with one attached hydrogen (secondary N) is 1. The SMILES string of the molecule is CCC(CCO)n1cc(-c2ncnc3[nH]ccc23)cn1.O=C(O)C(F)(F)F. The number of nitrogens with zero attached hydrogens (tertiary/aromatic N) is 4. The van der Waals surface area contributed by atoms with E-state index in [1.165, 1.54) is 0 Å². The molecule has 0 bridgehead atoms. The van der Waals surface area contributed by atoms with Crippen LogP contribution in [0.15, 0.2) is 31.0 Å². The third-order valence-corrected chi connectivity index (χ3v) is 3.78. The number of aliphatic hydroxyl groups is 1. The molecule has 0 aliphatic heterocycles. The van der Waals surface area contributed by atoms with Crippen LogP contribution in [0, 0.1) is 0 Å². The summed E-state index contributed by atoms with van der Waals surface area (Å²) in [5, 5.41) is 21.6. The van der Waals surface area contributed by atoms with Crippen LogP contribution >= 0.6 is 0 Å². The smallest absolute Gasteiger partial charge is 0.475 e. The van der Waals surface area contributed by atoms with Crippen molar-refractivity contribution in [3.63, 3.8) is 0 Å². The second-order valence-electron chi connectivity index (χ2n) is 5.55. The Labute approximate surface area is 151 Å². The lowest BCUT2D eigenvalue weighted by Gasteiger charge is -2.13. The summed E-state index contributed by atoms with van der Waals surface area (Å²) < 4.78 is 33.6. The van der Waals surface area contributed by atoms with E-state index in [0.717, 1.165) is 28.7 Å². The van der Waals surface area contributed by atoms with E-state index in [9.17, 15) is 13.2 Å². The number of carboxylic acids is 1. The minimum Gasteiger partial charge on any atom is -0.475 e. The van der Waals surface area contributed by atoms with Gasteiger partial charge in [0.1, 0.15) is 12.0 Å². The van der Waals surface area contributed by atoms with E-state index in [2.05, 4.69) is 27.0 Å². The highest BCUT2D eigenvalue weighted by atomic mass is 19.4. The van der Waals surface area contributed by atoms with Crippen LogP contribution in [0.1, 0.15) is 25.8 Å². The molecule has 0 aliphatic rings. The minimum atomic E-state index is -5.08. The van der Waals surface area contributed by atoms with Crippen LogP contribution in [-0.2, 0) is 4.79 Å². The molecular formula is C16H18F3N5O3. The Hall–Kier alpha value is -2.95. The van der Waals surface area contributed by atoms with Crippen molar-refractivity contribution in [3.05, 3.63) is 31.0 Å². The second kappa shape index (κ2) is 8.62. The van der Waals surface area contributed by atoms with Gasteiger partial charge in [-0.05, 0) is 18.9 Å². The van der Waals surface area contributed by atoms with Gasteiger partial charge in [0.2, 0.25) is 0 Å². The van der Waals surface area contributed by atoms with E-state index >= 15 is 0 Å². The molecule has 0 aliphatic carbocycles. The predicted molar refractivity (Wildman–Crippen MR) is 89.8 cm³/mol. The first-order valence-electron chi connectivity index (χ1n) is 8.01. The van der Waals surface area contributed by atoms with Crippen LogP contribution < -0.4 is 0 Å². The summed E-state index contributed by atoms with van der Waals surface area (Å²) in [6.45, 7) is 2.26. The number of carbonyl (C=O) groups is 1. The Morgan fingerprint density at radius 2 is 2.07 bits per heavy atom. The molecule has 27 heavy (non-hydrogen) atoms. The Kier molecular flexibility index (Phi) is 6.50. The molecule has 0 saturated carbocycles. The first kappa shape index (κ1) is 20.4. The molecule has 1 unspecified atom stereocenters. The van der Waals surface area contributed by atoms with Crippen molar-refractivity contribution in [1.29, 1.82) is 0 Å². The van der Waals surface area contributed by atoms with Gasteiger partial charge in [0, 0.05) is 30.0 Å². The molecule has 11 heteroatoms. The highest BCUT2D eigenvalue weighted by Crippen LogP contribution is 2.26. The Morgan fingerprint density at radius 1 is 1.37 bits per heavy atom. The maximum absolute atomic E-state index is 10.6. The van der Waals surface area contributed by atoms with Crippen molar-refractivity contribution in [2.75, 3.05) is 6.61 Å².